The molecule has 0 saturated heterocycles. The molecule has 7 heteroatoms. The Balaban J connectivity index is 1.45. The van der Waals surface area contributed by atoms with E-state index in [9.17, 15) is 4.79 Å². The third-order valence-corrected chi connectivity index (χ3v) is 4.38. The van der Waals surface area contributed by atoms with Crippen LogP contribution >= 0.6 is 0 Å². The van der Waals surface area contributed by atoms with Crippen molar-refractivity contribution in [2.24, 2.45) is 0 Å². The normalized spacial score (nSPS) is 12.9. The summed E-state index contributed by atoms with van der Waals surface area (Å²) in [5, 5.41) is 6.15. The molecule has 1 aliphatic heterocycles. The minimum Gasteiger partial charge on any atom is -0.493 e. The lowest BCUT2D eigenvalue weighted by Gasteiger charge is -2.17. The molecule has 1 aliphatic rings. The van der Waals surface area contributed by atoms with Gasteiger partial charge in [0.25, 0.3) is 5.91 Å². The van der Waals surface area contributed by atoms with Crippen LogP contribution in [0.3, 0.4) is 0 Å². The lowest BCUT2D eigenvalue weighted by Crippen LogP contribution is -2.30. The van der Waals surface area contributed by atoms with Crippen molar-refractivity contribution < 1.29 is 14.3 Å². The van der Waals surface area contributed by atoms with Crippen molar-refractivity contribution in [1.29, 1.82) is 0 Å². The highest BCUT2D eigenvalue weighted by atomic mass is 16.5. The van der Waals surface area contributed by atoms with Gasteiger partial charge >= 0.3 is 0 Å². The van der Waals surface area contributed by atoms with Gasteiger partial charge in [-0.2, -0.15) is 0 Å². The number of nitrogens with one attached hydrogen (secondary N) is 2. The van der Waals surface area contributed by atoms with Crippen LogP contribution < -0.4 is 20.1 Å². The summed E-state index contributed by atoms with van der Waals surface area (Å²) in [4.78, 5) is 16.9. The van der Waals surface area contributed by atoms with Crippen LogP contribution in [0.25, 0.3) is 0 Å². The third-order valence-electron chi connectivity index (χ3n) is 4.38. The fraction of sp³-hybridized carbons (Fsp3) is 0.200. The Labute approximate surface area is 156 Å². The first kappa shape index (κ1) is 17.1. The fourth-order valence-electron chi connectivity index (χ4n) is 3.01. The summed E-state index contributed by atoms with van der Waals surface area (Å²) in [5.74, 6) is 2.66. The maximum atomic E-state index is 12.6. The van der Waals surface area contributed by atoms with Gasteiger partial charge in [-0.05, 0) is 36.4 Å². The van der Waals surface area contributed by atoms with E-state index in [0.717, 1.165) is 18.9 Å². The molecule has 2 N–H and O–H groups in total. The molecule has 3 aromatic rings. The van der Waals surface area contributed by atoms with E-state index in [1.165, 1.54) is 0 Å². The lowest BCUT2D eigenvalue weighted by molar-refractivity contribution is 0.101. The molecule has 0 aliphatic carbocycles. The molecule has 138 valence electrons. The molecule has 0 fully saturated rings. The summed E-state index contributed by atoms with van der Waals surface area (Å²) < 4.78 is 13.1. The number of benzene rings is 2. The molecular formula is C20H20N4O3. The summed E-state index contributed by atoms with van der Waals surface area (Å²) in [7, 11) is 1.60. The number of imidazole rings is 1. The summed E-state index contributed by atoms with van der Waals surface area (Å²) in [6.45, 7) is 2.25. The molecule has 0 bridgehead atoms. The summed E-state index contributed by atoms with van der Waals surface area (Å²) in [5.41, 5.74) is 1.26. The number of rotatable bonds is 5. The second-order valence-corrected chi connectivity index (χ2v) is 6.12. The summed E-state index contributed by atoms with van der Waals surface area (Å²) in [6, 6.07) is 14.7. The standard InChI is InChI=1S/C20H20N4O3/c1-26-17-4-2-3-5-18(17)27-15-8-6-14(7-9-15)23-20(25)16-12-22-19-13-21-10-11-24(16)19/h2-9,12,21H,10-11,13H2,1H3,(H,23,25). The van der Waals surface area contributed by atoms with Crippen molar-refractivity contribution >= 4 is 11.6 Å². The zero-order valence-electron chi connectivity index (χ0n) is 14.9. The van der Waals surface area contributed by atoms with Crippen LogP contribution in [0, 0.1) is 0 Å². The molecule has 2 heterocycles. The average Bonchev–Trinajstić information content (AvgIpc) is 3.14. The largest absolute Gasteiger partial charge is 0.493 e. The van der Waals surface area contributed by atoms with Crippen LogP contribution in [0.2, 0.25) is 0 Å². The molecule has 4 rings (SSSR count). The topological polar surface area (TPSA) is 77.4 Å². The quantitative estimate of drug-likeness (QED) is 0.728. The van der Waals surface area contributed by atoms with E-state index in [1.54, 1.807) is 37.6 Å². The monoisotopic (exact) mass is 364 g/mol. The number of nitrogens with zero attached hydrogens (tertiary/aromatic N) is 2. The Kier molecular flexibility index (Phi) is 4.76. The van der Waals surface area contributed by atoms with E-state index in [1.807, 2.05) is 28.8 Å². The molecular weight excluding hydrogens is 344 g/mol. The Morgan fingerprint density at radius 3 is 2.70 bits per heavy atom. The van der Waals surface area contributed by atoms with E-state index in [-0.39, 0.29) is 5.91 Å². The number of para-hydroxylation sites is 2. The van der Waals surface area contributed by atoms with E-state index in [4.69, 9.17) is 9.47 Å². The van der Waals surface area contributed by atoms with Crippen molar-refractivity contribution in [2.45, 2.75) is 13.1 Å². The SMILES string of the molecule is COc1ccccc1Oc1ccc(NC(=O)c2cnc3n2CCNC3)cc1. The number of fused-ring (bicyclic) bond motifs is 1. The van der Waals surface area contributed by atoms with Gasteiger partial charge in [-0.1, -0.05) is 12.1 Å². The molecule has 0 atom stereocenters. The lowest BCUT2D eigenvalue weighted by atomic mass is 10.2. The highest BCUT2D eigenvalue weighted by molar-refractivity contribution is 6.03. The minimum absolute atomic E-state index is 0.172. The van der Waals surface area contributed by atoms with Crippen LogP contribution in [-0.2, 0) is 13.1 Å². The van der Waals surface area contributed by atoms with Crippen molar-refractivity contribution in [1.82, 2.24) is 14.9 Å². The van der Waals surface area contributed by atoms with E-state index < -0.39 is 0 Å². The van der Waals surface area contributed by atoms with Crippen LogP contribution in [0.1, 0.15) is 16.3 Å². The fourth-order valence-corrected chi connectivity index (χ4v) is 3.01. The summed E-state index contributed by atoms with van der Waals surface area (Å²) >= 11 is 0. The number of carbonyl (C=O) groups is 1. The average molecular weight is 364 g/mol. The zero-order valence-corrected chi connectivity index (χ0v) is 14.9. The van der Waals surface area contributed by atoms with E-state index in [0.29, 0.717) is 35.2 Å². The maximum absolute atomic E-state index is 12.6. The molecule has 0 spiro atoms. The van der Waals surface area contributed by atoms with Crippen LogP contribution in [0.15, 0.2) is 54.7 Å². The highest BCUT2D eigenvalue weighted by Gasteiger charge is 2.18. The number of carbonyl (C=O) groups excluding carboxylic acids is 1. The van der Waals surface area contributed by atoms with Crippen molar-refractivity contribution in [3.63, 3.8) is 0 Å². The summed E-state index contributed by atoms with van der Waals surface area (Å²) in [6.07, 6.45) is 1.62. The number of hydrogen-bond donors (Lipinski definition) is 2. The highest BCUT2D eigenvalue weighted by Crippen LogP contribution is 2.31. The first-order chi connectivity index (χ1) is 13.2. The molecule has 2 aromatic carbocycles. The number of methoxy groups -OCH3 is 1. The van der Waals surface area contributed by atoms with Gasteiger partial charge in [0.1, 0.15) is 17.3 Å². The number of aromatic nitrogens is 2. The van der Waals surface area contributed by atoms with Gasteiger partial charge in [-0.15, -0.1) is 0 Å². The molecule has 27 heavy (non-hydrogen) atoms. The van der Waals surface area contributed by atoms with Gasteiger partial charge in [0, 0.05) is 18.8 Å². The first-order valence-corrected chi connectivity index (χ1v) is 8.72. The Morgan fingerprint density at radius 2 is 1.93 bits per heavy atom. The number of amides is 1. The molecule has 0 saturated carbocycles. The number of ether oxygens (including phenoxy) is 2. The first-order valence-electron chi connectivity index (χ1n) is 8.72. The number of anilines is 1. The van der Waals surface area contributed by atoms with Gasteiger partial charge in [0.15, 0.2) is 11.5 Å². The minimum atomic E-state index is -0.172. The van der Waals surface area contributed by atoms with Gasteiger partial charge in [-0.3, -0.25) is 4.79 Å². The third kappa shape index (κ3) is 3.63. The van der Waals surface area contributed by atoms with E-state index in [2.05, 4.69) is 15.6 Å². The molecule has 1 aromatic heterocycles. The molecule has 7 nitrogen and oxygen atoms in total. The van der Waals surface area contributed by atoms with Crippen molar-refractivity contribution in [2.75, 3.05) is 19.0 Å². The van der Waals surface area contributed by atoms with Crippen LogP contribution in [0.4, 0.5) is 5.69 Å². The second-order valence-electron chi connectivity index (χ2n) is 6.12. The predicted molar refractivity (Wildman–Crippen MR) is 101 cm³/mol. The van der Waals surface area contributed by atoms with Gasteiger partial charge in [0.2, 0.25) is 0 Å². The van der Waals surface area contributed by atoms with Crippen molar-refractivity contribution in [3.8, 4) is 17.2 Å². The van der Waals surface area contributed by atoms with E-state index >= 15 is 0 Å². The smallest absolute Gasteiger partial charge is 0.273 e. The second kappa shape index (κ2) is 7.51. The maximum Gasteiger partial charge on any atom is 0.273 e. The van der Waals surface area contributed by atoms with Crippen molar-refractivity contribution in [3.05, 3.63) is 66.2 Å². The Hall–Kier alpha value is -3.32. The van der Waals surface area contributed by atoms with Crippen LogP contribution in [0.5, 0.6) is 17.2 Å². The van der Waals surface area contributed by atoms with Gasteiger partial charge < -0.3 is 24.7 Å². The van der Waals surface area contributed by atoms with Crippen LogP contribution in [-0.4, -0.2) is 29.1 Å². The molecule has 0 radical (unpaired) electrons. The Morgan fingerprint density at radius 1 is 1.15 bits per heavy atom. The van der Waals surface area contributed by atoms with Gasteiger partial charge in [0.05, 0.1) is 19.9 Å². The zero-order chi connectivity index (χ0) is 18.6. The number of hydrogen-bond acceptors (Lipinski definition) is 5. The Bertz CT molecular complexity index is 950. The molecule has 0 unspecified atom stereocenters. The van der Waals surface area contributed by atoms with Gasteiger partial charge in [-0.25, -0.2) is 4.98 Å². The molecule has 1 amide bonds. The predicted octanol–water partition coefficient (Wildman–Crippen LogP) is 3.04.